The molecule has 16 heteroatoms. The summed E-state index contributed by atoms with van der Waals surface area (Å²) in [5, 5.41) is 7.89. The second kappa shape index (κ2) is 10.6. The SMILES string of the molecule is Cc1cc(C(=O)N2CCN(c3ncc(C(F)(F)F)cn3)CC2)cn1CC(C)Nc1cn[nH]c(=O)c1C(F)(F)F. The minimum absolute atomic E-state index is 0.142. The molecule has 10 nitrogen and oxygen atoms in total. The van der Waals surface area contributed by atoms with Gasteiger partial charge in [0, 0.05) is 63.1 Å². The van der Waals surface area contributed by atoms with Crippen molar-refractivity contribution in [2.24, 2.45) is 0 Å². The molecule has 0 saturated carbocycles. The van der Waals surface area contributed by atoms with E-state index in [0.717, 1.165) is 18.6 Å². The molecule has 4 rings (SSSR count). The summed E-state index contributed by atoms with van der Waals surface area (Å²) >= 11 is 0. The molecule has 3 aromatic rings. The molecule has 1 aliphatic heterocycles. The topological polar surface area (TPSA) is 112 Å². The van der Waals surface area contributed by atoms with Crippen LogP contribution in [-0.2, 0) is 18.9 Å². The molecule has 0 radical (unpaired) electrons. The van der Waals surface area contributed by atoms with Crippen LogP contribution in [0.5, 0.6) is 0 Å². The predicted octanol–water partition coefficient (Wildman–Crippen LogP) is 3.17. The number of anilines is 2. The van der Waals surface area contributed by atoms with E-state index in [1.807, 2.05) is 0 Å². The van der Waals surface area contributed by atoms with Gasteiger partial charge in [0.15, 0.2) is 0 Å². The number of aromatic amines is 1. The van der Waals surface area contributed by atoms with E-state index in [2.05, 4.69) is 20.4 Å². The zero-order chi connectivity index (χ0) is 28.5. The highest BCUT2D eigenvalue weighted by atomic mass is 19.4. The van der Waals surface area contributed by atoms with Gasteiger partial charge in [0.2, 0.25) is 5.95 Å². The number of hydrogen-bond acceptors (Lipinski definition) is 7. The first-order valence-electron chi connectivity index (χ1n) is 11.8. The number of hydrogen-bond donors (Lipinski definition) is 2. The maximum absolute atomic E-state index is 13.3. The van der Waals surface area contributed by atoms with E-state index in [1.165, 1.54) is 0 Å². The number of H-pyrrole nitrogens is 1. The summed E-state index contributed by atoms with van der Waals surface area (Å²) in [5.41, 5.74) is -3.04. The van der Waals surface area contributed by atoms with Gasteiger partial charge in [0.1, 0.15) is 5.56 Å². The number of piperazine rings is 1. The van der Waals surface area contributed by atoms with E-state index in [1.54, 1.807) is 45.6 Å². The number of nitrogens with one attached hydrogen (secondary N) is 2. The molecule has 1 saturated heterocycles. The molecule has 1 aliphatic rings. The molecule has 1 unspecified atom stereocenters. The lowest BCUT2D eigenvalue weighted by atomic mass is 10.2. The molecular weight excluding hydrogens is 534 g/mol. The lowest BCUT2D eigenvalue weighted by Gasteiger charge is -2.34. The minimum Gasteiger partial charge on any atom is -0.379 e. The van der Waals surface area contributed by atoms with Crippen LogP contribution in [0.4, 0.5) is 38.0 Å². The molecule has 0 aliphatic carbocycles. The first-order valence-corrected chi connectivity index (χ1v) is 11.8. The van der Waals surface area contributed by atoms with Gasteiger partial charge in [-0.05, 0) is 19.9 Å². The highest BCUT2D eigenvalue weighted by Gasteiger charge is 2.37. The van der Waals surface area contributed by atoms with Crippen molar-refractivity contribution >= 4 is 17.5 Å². The number of amides is 1. The van der Waals surface area contributed by atoms with Crippen molar-refractivity contribution in [2.75, 3.05) is 36.4 Å². The first-order chi connectivity index (χ1) is 18.2. The minimum atomic E-state index is -4.87. The summed E-state index contributed by atoms with van der Waals surface area (Å²) in [5.74, 6) is -0.119. The van der Waals surface area contributed by atoms with Crippen molar-refractivity contribution in [3.05, 3.63) is 63.6 Å². The van der Waals surface area contributed by atoms with Crippen LogP contribution in [0.3, 0.4) is 0 Å². The van der Waals surface area contributed by atoms with Crippen LogP contribution in [0.25, 0.3) is 0 Å². The van der Waals surface area contributed by atoms with Crippen molar-refractivity contribution in [3.8, 4) is 0 Å². The summed E-state index contributed by atoms with van der Waals surface area (Å²) in [7, 11) is 0. The highest BCUT2D eigenvalue weighted by Crippen LogP contribution is 2.32. The van der Waals surface area contributed by atoms with Gasteiger partial charge in [-0.25, -0.2) is 15.1 Å². The maximum Gasteiger partial charge on any atom is 0.423 e. The fourth-order valence-corrected chi connectivity index (χ4v) is 4.25. The Morgan fingerprint density at radius 1 is 1.05 bits per heavy atom. The fourth-order valence-electron chi connectivity index (χ4n) is 4.25. The van der Waals surface area contributed by atoms with Crippen LogP contribution in [0.2, 0.25) is 0 Å². The molecule has 210 valence electrons. The van der Waals surface area contributed by atoms with E-state index < -0.39 is 40.8 Å². The van der Waals surface area contributed by atoms with E-state index in [-0.39, 0.29) is 18.4 Å². The summed E-state index contributed by atoms with van der Waals surface area (Å²) in [6.07, 6.45) is -5.47. The zero-order valence-corrected chi connectivity index (χ0v) is 20.8. The lowest BCUT2D eigenvalue weighted by Crippen LogP contribution is -2.49. The summed E-state index contributed by atoms with van der Waals surface area (Å²) in [6.45, 7) is 4.81. The van der Waals surface area contributed by atoms with Crippen LogP contribution in [0.1, 0.15) is 34.1 Å². The molecule has 2 N–H and O–H groups in total. The van der Waals surface area contributed by atoms with E-state index in [4.69, 9.17) is 0 Å². The van der Waals surface area contributed by atoms with Gasteiger partial charge in [-0.15, -0.1) is 0 Å². The van der Waals surface area contributed by atoms with Crippen LogP contribution in [0, 0.1) is 6.92 Å². The van der Waals surface area contributed by atoms with Crippen molar-refractivity contribution in [1.29, 1.82) is 0 Å². The Bertz CT molecular complexity index is 1370. The molecule has 1 atom stereocenters. The number of rotatable bonds is 6. The Kier molecular flexibility index (Phi) is 7.57. The molecule has 0 bridgehead atoms. The highest BCUT2D eigenvalue weighted by molar-refractivity contribution is 5.94. The molecule has 3 aromatic heterocycles. The third kappa shape index (κ3) is 6.31. The zero-order valence-electron chi connectivity index (χ0n) is 20.8. The van der Waals surface area contributed by atoms with Gasteiger partial charge in [-0.3, -0.25) is 9.59 Å². The van der Waals surface area contributed by atoms with E-state index in [0.29, 0.717) is 37.4 Å². The smallest absolute Gasteiger partial charge is 0.379 e. The molecule has 1 amide bonds. The third-order valence-electron chi connectivity index (χ3n) is 6.19. The number of aryl methyl sites for hydroxylation is 1. The van der Waals surface area contributed by atoms with Gasteiger partial charge < -0.3 is 19.7 Å². The Balaban J connectivity index is 1.37. The Morgan fingerprint density at radius 2 is 1.69 bits per heavy atom. The van der Waals surface area contributed by atoms with Crippen LogP contribution in [0.15, 0.2) is 35.6 Å². The normalized spacial score (nSPS) is 15.4. The molecule has 0 aromatic carbocycles. The largest absolute Gasteiger partial charge is 0.423 e. The Labute approximate surface area is 217 Å². The maximum atomic E-state index is 13.3. The molecule has 1 fully saturated rings. The number of alkyl halides is 6. The summed E-state index contributed by atoms with van der Waals surface area (Å²) < 4.78 is 79.9. The Hall–Kier alpha value is -4.11. The number of carbonyl (C=O) groups excluding carboxylic acids is 1. The van der Waals surface area contributed by atoms with Crippen LogP contribution < -0.4 is 15.8 Å². The van der Waals surface area contributed by atoms with Crippen LogP contribution in [-0.4, -0.2) is 67.8 Å². The van der Waals surface area contributed by atoms with Crippen molar-refractivity contribution in [2.45, 2.75) is 38.8 Å². The number of aromatic nitrogens is 5. The van der Waals surface area contributed by atoms with Gasteiger partial charge >= 0.3 is 12.4 Å². The second-order valence-electron chi connectivity index (χ2n) is 9.10. The van der Waals surface area contributed by atoms with Crippen molar-refractivity contribution in [3.63, 3.8) is 0 Å². The second-order valence-corrected chi connectivity index (χ2v) is 9.10. The van der Waals surface area contributed by atoms with Crippen LogP contribution >= 0.6 is 0 Å². The van der Waals surface area contributed by atoms with Crippen molar-refractivity contribution in [1.82, 2.24) is 29.6 Å². The summed E-state index contributed by atoms with van der Waals surface area (Å²) in [6, 6.07) is 1.10. The molecule has 39 heavy (non-hydrogen) atoms. The molecule has 0 spiro atoms. The van der Waals surface area contributed by atoms with Gasteiger partial charge in [0.25, 0.3) is 11.5 Å². The predicted molar refractivity (Wildman–Crippen MR) is 127 cm³/mol. The molecular formula is C23H24F6N8O2. The van der Waals surface area contributed by atoms with E-state index in [9.17, 15) is 35.9 Å². The number of carbonyl (C=O) groups is 1. The first kappa shape index (κ1) is 27.9. The standard InChI is InChI=1S/C23H24F6N8O2/c1-13(33-17-10-32-34-19(38)18(17)23(27,28)29)11-37-12-15(7-14(37)2)20(39)35-3-5-36(6-4-35)21-30-8-16(9-31-21)22(24,25)26/h7-10,12-13H,3-6,11H2,1-2H3,(H2,33,34,38). The average molecular weight is 558 g/mol. The lowest BCUT2D eigenvalue weighted by molar-refractivity contribution is -0.139. The van der Waals surface area contributed by atoms with E-state index >= 15 is 0 Å². The quantitative estimate of drug-likeness (QED) is 0.447. The Morgan fingerprint density at radius 3 is 2.28 bits per heavy atom. The van der Waals surface area contributed by atoms with Gasteiger partial charge in [-0.2, -0.15) is 31.4 Å². The fraction of sp³-hybridized carbons (Fsp3) is 0.435. The third-order valence-corrected chi connectivity index (χ3v) is 6.19. The van der Waals surface area contributed by atoms with Gasteiger partial charge in [0.05, 0.1) is 23.0 Å². The van der Waals surface area contributed by atoms with Crippen molar-refractivity contribution < 1.29 is 31.1 Å². The summed E-state index contributed by atoms with van der Waals surface area (Å²) in [4.78, 5) is 35.6. The number of nitrogens with zero attached hydrogens (tertiary/aromatic N) is 6. The average Bonchev–Trinajstić information content (AvgIpc) is 3.22. The monoisotopic (exact) mass is 558 g/mol. The number of halogens is 6. The molecule has 4 heterocycles. The van der Waals surface area contributed by atoms with Gasteiger partial charge in [-0.1, -0.05) is 0 Å².